The number of likely N-dealkylation sites (N-methyl/N-ethyl adjacent to an activating group) is 1. The molecule has 0 bridgehead atoms. The summed E-state index contributed by atoms with van der Waals surface area (Å²) in [6.45, 7) is 6.47. The van der Waals surface area contributed by atoms with E-state index >= 15 is 0 Å². The molecule has 0 radical (unpaired) electrons. The van der Waals surface area contributed by atoms with Crippen LogP contribution in [0.2, 0.25) is 0 Å². The maximum Gasteiger partial charge on any atom is 0.238 e. The Morgan fingerprint density at radius 3 is 2.86 bits per heavy atom. The number of rotatable bonds is 6. The first-order valence-corrected chi connectivity index (χ1v) is 8.69. The quantitative estimate of drug-likeness (QED) is 0.848. The van der Waals surface area contributed by atoms with Gasteiger partial charge in [0.25, 0.3) is 0 Å². The molecular formula is C15H26N4OS. The number of nitrogens with zero attached hydrogens (tertiary/aromatic N) is 2. The third-order valence-electron chi connectivity index (χ3n) is 4.17. The summed E-state index contributed by atoms with van der Waals surface area (Å²) in [5.74, 6) is 1.22. The van der Waals surface area contributed by atoms with Gasteiger partial charge < -0.3 is 5.32 Å². The maximum absolute atomic E-state index is 12.2. The summed E-state index contributed by atoms with van der Waals surface area (Å²) in [4.78, 5) is 14.4. The topological polar surface area (TPSA) is 61.0 Å². The second-order valence-electron chi connectivity index (χ2n) is 5.82. The zero-order valence-corrected chi connectivity index (χ0v) is 14.2. The first-order valence-electron chi connectivity index (χ1n) is 7.64. The lowest BCUT2D eigenvalue weighted by molar-refractivity contribution is -0.117. The highest BCUT2D eigenvalue weighted by Gasteiger charge is 2.28. The van der Waals surface area contributed by atoms with Crippen molar-refractivity contribution in [3.05, 3.63) is 11.4 Å². The number of aromatic nitrogens is 2. The smallest absolute Gasteiger partial charge is 0.238 e. The normalized spacial score (nSPS) is 22.0. The minimum Gasteiger partial charge on any atom is -0.322 e. The van der Waals surface area contributed by atoms with E-state index in [9.17, 15) is 4.79 Å². The van der Waals surface area contributed by atoms with E-state index in [2.05, 4.69) is 34.4 Å². The van der Waals surface area contributed by atoms with Crippen LogP contribution in [0.25, 0.3) is 0 Å². The number of hydrogen-bond donors (Lipinski definition) is 2. The van der Waals surface area contributed by atoms with Crippen molar-refractivity contribution in [2.75, 3.05) is 24.7 Å². The van der Waals surface area contributed by atoms with Crippen molar-refractivity contribution in [3.8, 4) is 0 Å². The number of anilines is 1. The van der Waals surface area contributed by atoms with Crippen molar-refractivity contribution in [3.63, 3.8) is 0 Å². The van der Waals surface area contributed by atoms with Crippen molar-refractivity contribution in [1.29, 1.82) is 0 Å². The van der Waals surface area contributed by atoms with Gasteiger partial charge in [-0.2, -0.15) is 16.9 Å². The van der Waals surface area contributed by atoms with E-state index in [0.29, 0.717) is 12.6 Å². The maximum atomic E-state index is 12.2. The third-order valence-corrected chi connectivity index (χ3v) is 5.40. The average Bonchev–Trinajstić information content (AvgIpc) is 3.01. The molecule has 2 N–H and O–H groups in total. The third kappa shape index (κ3) is 4.23. The first-order chi connectivity index (χ1) is 10.0. The molecule has 2 rings (SSSR count). The fourth-order valence-corrected chi connectivity index (χ4v) is 4.11. The van der Waals surface area contributed by atoms with Crippen LogP contribution in [-0.4, -0.2) is 51.6 Å². The monoisotopic (exact) mass is 310 g/mol. The summed E-state index contributed by atoms with van der Waals surface area (Å²) >= 11 is 2.05. The molecule has 0 saturated heterocycles. The van der Waals surface area contributed by atoms with Crippen molar-refractivity contribution in [1.82, 2.24) is 15.1 Å². The van der Waals surface area contributed by atoms with Gasteiger partial charge in [0.15, 0.2) is 0 Å². The number of amides is 1. The molecule has 0 aromatic carbocycles. The molecule has 1 aromatic heterocycles. The van der Waals surface area contributed by atoms with Gasteiger partial charge in [-0.25, -0.2) is 0 Å². The van der Waals surface area contributed by atoms with Crippen LogP contribution in [0.5, 0.6) is 0 Å². The van der Waals surface area contributed by atoms with Gasteiger partial charge in [-0.05, 0) is 45.9 Å². The summed E-state index contributed by atoms with van der Waals surface area (Å²) < 4.78 is 0. The number of hydrogen-bond acceptors (Lipinski definition) is 4. The highest BCUT2D eigenvalue weighted by molar-refractivity contribution is 7.99. The second kappa shape index (κ2) is 7.31. The SMILES string of the molecule is CCS[C@H]1CC[C@H](N(C)CC(=O)Nc2c(C)n[nH]c2C)C1. The minimum absolute atomic E-state index is 0.0386. The molecule has 0 spiro atoms. The van der Waals surface area contributed by atoms with E-state index in [0.717, 1.165) is 22.3 Å². The Labute approximate surface area is 131 Å². The van der Waals surface area contributed by atoms with Gasteiger partial charge in [0.1, 0.15) is 0 Å². The van der Waals surface area contributed by atoms with Gasteiger partial charge in [-0.15, -0.1) is 0 Å². The van der Waals surface area contributed by atoms with Crippen LogP contribution in [-0.2, 0) is 4.79 Å². The molecular weight excluding hydrogens is 284 g/mol. The Morgan fingerprint density at radius 1 is 1.48 bits per heavy atom. The van der Waals surface area contributed by atoms with Crippen LogP contribution in [0.1, 0.15) is 37.6 Å². The van der Waals surface area contributed by atoms with Gasteiger partial charge in [0.2, 0.25) is 5.91 Å². The molecule has 0 unspecified atom stereocenters. The van der Waals surface area contributed by atoms with Crippen LogP contribution >= 0.6 is 11.8 Å². The zero-order valence-electron chi connectivity index (χ0n) is 13.4. The fraction of sp³-hybridized carbons (Fsp3) is 0.733. The molecule has 21 heavy (non-hydrogen) atoms. The number of H-pyrrole nitrogens is 1. The van der Waals surface area contributed by atoms with Crippen LogP contribution in [0.15, 0.2) is 0 Å². The predicted octanol–water partition coefficient (Wildman–Crippen LogP) is 2.57. The number of carbonyl (C=O) groups is 1. The number of carbonyl (C=O) groups excluding carboxylic acids is 1. The van der Waals surface area contributed by atoms with E-state index in [1.807, 2.05) is 25.6 Å². The molecule has 1 aliphatic carbocycles. The molecule has 1 amide bonds. The summed E-state index contributed by atoms with van der Waals surface area (Å²) in [7, 11) is 2.05. The molecule has 1 heterocycles. The highest BCUT2D eigenvalue weighted by Crippen LogP contribution is 2.32. The number of nitrogens with one attached hydrogen (secondary N) is 2. The summed E-state index contributed by atoms with van der Waals surface area (Å²) in [5.41, 5.74) is 2.56. The number of aromatic amines is 1. The van der Waals surface area contributed by atoms with Gasteiger partial charge in [-0.3, -0.25) is 14.8 Å². The molecule has 1 fully saturated rings. The Kier molecular flexibility index (Phi) is 5.70. The average molecular weight is 310 g/mol. The molecule has 1 saturated carbocycles. The molecule has 2 atom stereocenters. The minimum atomic E-state index is 0.0386. The van der Waals surface area contributed by atoms with Crippen LogP contribution in [0.4, 0.5) is 5.69 Å². The van der Waals surface area contributed by atoms with Crippen molar-refractivity contribution in [2.24, 2.45) is 0 Å². The summed E-state index contributed by atoms with van der Waals surface area (Å²) in [6, 6.07) is 0.534. The van der Waals surface area contributed by atoms with E-state index in [-0.39, 0.29) is 5.91 Å². The lowest BCUT2D eigenvalue weighted by atomic mass is 10.2. The highest BCUT2D eigenvalue weighted by atomic mass is 32.2. The predicted molar refractivity (Wildman–Crippen MR) is 88.9 cm³/mol. The van der Waals surface area contributed by atoms with Crippen LogP contribution < -0.4 is 5.32 Å². The van der Waals surface area contributed by atoms with E-state index in [4.69, 9.17) is 0 Å². The van der Waals surface area contributed by atoms with E-state index < -0.39 is 0 Å². The van der Waals surface area contributed by atoms with Gasteiger partial charge in [0.05, 0.1) is 23.6 Å². The number of aryl methyl sites for hydroxylation is 2. The number of thioether (sulfide) groups is 1. The molecule has 1 aliphatic rings. The molecule has 118 valence electrons. The lowest BCUT2D eigenvalue weighted by Crippen LogP contribution is -2.37. The Morgan fingerprint density at radius 2 is 2.24 bits per heavy atom. The molecule has 5 nitrogen and oxygen atoms in total. The summed E-state index contributed by atoms with van der Waals surface area (Å²) in [5, 5.41) is 10.7. The largest absolute Gasteiger partial charge is 0.322 e. The van der Waals surface area contributed by atoms with Gasteiger partial charge in [0, 0.05) is 11.3 Å². The van der Waals surface area contributed by atoms with Crippen LogP contribution in [0, 0.1) is 13.8 Å². The van der Waals surface area contributed by atoms with Crippen molar-refractivity contribution >= 4 is 23.4 Å². The molecule has 1 aromatic rings. The van der Waals surface area contributed by atoms with Gasteiger partial charge in [-0.1, -0.05) is 6.92 Å². The zero-order chi connectivity index (χ0) is 15.4. The fourth-order valence-electron chi connectivity index (χ4n) is 2.97. The Balaban J connectivity index is 1.83. The van der Waals surface area contributed by atoms with Crippen molar-refractivity contribution in [2.45, 2.75) is 51.3 Å². The van der Waals surface area contributed by atoms with E-state index in [1.165, 1.54) is 25.0 Å². The standard InChI is InChI=1S/C15H26N4OS/c1-5-21-13-7-6-12(8-13)19(4)9-14(20)16-15-10(2)17-18-11(15)3/h12-13H,5-9H2,1-4H3,(H,16,20)(H,17,18)/t12-,13-/m0/s1. The Hall–Kier alpha value is -1.01. The van der Waals surface area contributed by atoms with Crippen molar-refractivity contribution < 1.29 is 4.79 Å². The van der Waals surface area contributed by atoms with Crippen LogP contribution in [0.3, 0.4) is 0 Å². The van der Waals surface area contributed by atoms with E-state index in [1.54, 1.807) is 0 Å². The van der Waals surface area contributed by atoms with Gasteiger partial charge >= 0.3 is 0 Å². The summed E-state index contributed by atoms with van der Waals surface area (Å²) in [6.07, 6.45) is 3.67. The molecule has 0 aliphatic heterocycles. The second-order valence-corrected chi connectivity index (χ2v) is 7.39. The Bertz CT molecular complexity index is 469. The molecule has 6 heteroatoms. The first kappa shape index (κ1) is 16.4. The lowest BCUT2D eigenvalue weighted by Gasteiger charge is -2.23.